The second-order valence-electron chi connectivity index (χ2n) is 3.77. The topological polar surface area (TPSA) is 69.7 Å². The minimum Gasteiger partial charge on any atom is -0.461 e. The van der Waals surface area contributed by atoms with Crippen LogP contribution in [0.4, 0.5) is 0 Å². The van der Waals surface area contributed by atoms with Gasteiger partial charge in [-0.25, -0.2) is 0 Å². The molecule has 0 saturated carbocycles. The van der Waals surface area contributed by atoms with Gasteiger partial charge >= 0.3 is 11.9 Å². The van der Waals surface area contributed by atoms with Gasteiger partial charge in [0.15, 0.2) is 5.78 Å². The number of ether oxygens (including phenoxy) is 2. The Balaban J connectivity index is 3.05. The van der Waals surface area contributed by atoms with Gasteiger partial charge in [0, 0.05) is 18.1 Å². The van der Waals surface area contributed by atoms with Gasteiger partial charge in [-0.2, -0.15) is 0 Å². The van der Waals surface area contributed by atoms with Crippen molar-refractivity contribution in [1.82, 2.24) is 0 Å². The molecule has 0 amide bonds. The lowest BCUT2D eigenvalue weighted by atomic mass is 10.1. The standard InChI is InChI=1S/C13H12Br2O5/c1-8(16)19-7-10-4-9(11(17)5-14)2-3-12(10)20-13(18)6-15/h2-4H,5-7H2,1H3. The van der Waals surface area contributed by atoms with E-state index in [-0.39, 0.29) is 28.8 Å². The van der Waals surface area contributed by atoms with E-state index in [0.717, 1.165) is 0 Å². The molecule has 0 spiro atoms. The molecule has 5 nitrogen and oxygen atoms in total. The fourth-order valence-corrected chi connectivity index (χ4v) is 1.81. The van der Waals surface area contributed by atoms with Crippen LogP contribution in [-0.4, -0.2) is 28.4 Å². The first-order valence-corrected chi connectivity index (χ1v) is 7.84. The second kappa shape index (κ2) is 8.16. The summed E-state index contributed by atoms with van der Waals surface area (Å²) in [5, 5.41) is 0.225. The van der Waals surface area contributed by atoms with Crippen molar-refractivity contribution in [3.8, 4) is 5.75 Å². The summed E-state index contributed by atoms with van der Waals surface area (Å²) in [7, 11) is 0. The van der Waals surface area contributed by atoms with Crippen molar-refractivity contribution in [2.45, 2.75) is 13.5 Å². The van der Waals surface area contributed by atoms with Crippen LogP contribution in [0.2, 0.25) is 0 Å². The Labute approximate surface area is 132 Å². The van der Waals surface area contributed by atoms with E-state index < -0.39 is 11.9 Å². The minimum atomic E-state index is -0.478. The third-order valence-corrected chi connectivity index (χ3v) is 3.23. The number of halogens is 2. The molecule has 1 rings (SSSR count). The van der Waals surface area contributed by atoms with Crippen LogP contribution in [0.1, 0.15) is 22.8 Å². The van der Waals surface area contributed by atoms with E-state index in [1.54, 1.807) is 12.1 Å². The Morgan fingerprint density at radius 2 is 1.85 bits per heavy atom. The fraction of sp³-hybridized carbons (Fsp3) is 0.308. The first-order valence-electron chi connectivity index (χ1n) is 5.60. The number of alkyl halides is 2. The molecule has 0 aliphatic heterocycles. The van der Waals surface area contributed by atoms with E-state index in [0.29, 0.717) is 11.1 Å². The highest BCUT2D eigenvalue weighted by molar-refractivity contribution is 9.09. The quantitative estimate of drug-likeness (QED) is 0.314. The second-order valence-corrected chi connectivity index (χ2v) is 4.89. The zero-order chi connectivity index (χ0) is 15.1. The number of rotatable bonds is 6. The molecule has 0 aliphatic rings. The van der Waals surface area contributed by atoms with Crippen LogP contribution in [0.15, 0.2) is 18.2 Å². The summed E-state index contributed by atoms with van der Waals surface area (Å²) in [5.74, 6) is -0.789. The van der Waals surface area contributed by atoms with Crippen LogP contribution in [0.25, 0.3) is 0 Å². The van der Waals surface area contributed by atoms with E-state index in [2.05, 4.69) is 31.9 Å². The van der Waals surface area contributed by atoms with Gasteiger partial charge in [0.2, 0.25) is 0 Å². The Hall–Kier alpha value is -1.21. The maximum Gasteiger partial charge on any atom is 0.321 e. The van der Waals surface area contributed by atoms with Crippen LogP contribution in [0.5, 0.6) is 5.75 Å². The van der Waals surface area contributed by atoms with Gasteiger partial charge in [-0.3, -0.25) is 14.4 Å². The monoisotopic (exact) mass is 406 g/mol. The number of esters is 2. The van der Waals surface area contributed by atoms with Crippen molar-refractivity contribution in [1.29, 1.82) is 0 Å². The first-order chi connectivity index (χ1) is 9.47. The van der Waals surface area contributed by atoms with Crippen LogP contribution in [-0.2, 0) is 20.9 Å². The molecule has 0 fully saturated rings. The Bertz CT molecular complexity index is 527. The molecule has 7 heteroatoms. The maximum atomic E-state index is 11.6. The SMILES string of the molecule is CC(=O)OCc1cc(C(=O)CBr)ccc1OC(=O)CBr. The van der Waals surface area contributed by atoms with Gasteiger partial charge in [-0.15, -0.1) is 0 Å². The number of benzene rings is 1. The van der Waals surface area contributed by atoms with Crippen molar-refractivity contribution >= 4 is 49.6 Å². The highest BCUT2D eigenvalue weighted by Gasteiger charge is 2.13. The van der Waals surface area contributed by atoms with E-state index in [9.17, 15) is 14.4 Å². The van der Waals surface area contributed by atoms with Gasteiger partial charge < -0.3 is 9.47 Å². The third kappa shape index (κ3) is 5.05. The van der Waals surface area contributed by atoms with Gasteiger partial charge in [0.1, 0.15) is 17.7 Å². The minimum absolute atomic E-state index is 0.0437. The summed E-state index contributed by atoms with van der Waals surface area (Å²) in [6.45, 7) is 1.21. The molecule has 0 aliphatic carbocycles. The normalized spacial score (nSPS) is 9.95. The van der Waals surface area contributed by atoms with Gasteiger partial charge in [0.05, 0.1) is 5.33 Å². The predicted molar refractivity (Wildman–Crippen MR) is 79.5 cm³/mol. The Kier molecular flexibility index (Phi) is 6.87. The molecule has 0 aromatic heterocycles. The van der Waals surface area contributed by atoms with Crippen LogP contribution in [0, 0.1) is 0 Å². The van der Waals surface area contributed by atoms with Crippen LogP contribution in [0.3, 0.4) is 0 Å². The summed E-state index contributed by atoms with van der Waals surface area (Å²) in [5.41, 5.74) is 0.906. The zero-order valence-corrected chi connectivity index (χ0v) is 13.8. The molecule has 0 unspecified atom stereocenters. The van der Waals surface area contributed by atoms with Crippen molar-refractivity contribution < 1.29 is 23.9 Å². The summed E-state index contributed by atoms with van der Waals surface area (Å²) in [6.07, 6.45) is 0. The van der Waals surface area contributed by atoms with Crippen molar-refractivity contribution in [3.63, 3.8) is 0 Å². The van der Waals surface area contributed by atoms with Crippen molar-refractivity contribution in [2.75, 3.05) is 10.7 Å². The lowest BCUT2D eigenvalue weighted by Gasteiger charge is -2.11. The molecule has 108 valence electrons. The molecular formula is C13H12Br2O5. The van der Waals surface area contributed by atoms with Crippen LogP contribution < -0.4 is 4.74 Å². The number of hydrogen-bond acceptors (Lipinski definition) is 5. The number of ketones is 1. The zero-order valence-electron chi connectivity index (χ0n) is 10.7. The lowest BCUT2D eigenvalue weighted by Crippen LogP contribution is -2.12. The van der Waals surface area contributed by atoms with Gasteiger partial charge in [0.25, 0.3) is 0 Å². The number of Topliss-reactive ketones (excluding diaryl/α,β-unsaturated/α-hetero) is 1. The lowest BCUT2D eigenvalue weighted by molar-refractivity contribution is -0.142. The molecule has 1 aromatic rings. The molecular weight excluding hydrogens is 396 g/mol. The smallest absolute Gasteiger partial charge is 0.321 e. The Morgan fingerprint density at radius 1 is 1.15 bits per heavy atom. The molecule has 0 N–H and O–H groups in total. The first kappa shape index (κ1) is 16.8. The molecule has 0 radical (unpaired) electrons. The number of carbonyl (C=O) groups is 3. The molecule has 0 heterocycles. The van der Waals surface area contributed by atoms with E-state index >= 15 is 0 Å². The number of hydrogen-bond donors (Lipinski definition) is 0. The average molecular weight is 408 g/mol. The third-order valence-electron chi connectivity index (χ3n) is 2.27. The predicted octanol–water partition coefficient (Wildman–Crippen LogP) is 2.63. The van der Waals surface area contributed by atoms with Gasteiger partial charge in [-0.05, 0) is 18.2 Å². The highest BCUT2D eigenvalue weighted by Crippen LogP contribution is 2.22. The van der Waals surface area contributed by atoms with E-state index in [1.165, 1.54) is 13.0 Å². The summed E-state index contributed by atoms with van der Waals surface area (Å²) < 4.78 is 9.98. The molecule has 0 atom stereocenters. The highest BCUT2D eigenvalue weighted by atomic mass is 79.9. The summed E-state index contributed by atoms with van der Waals surface area (Å²) >= 11 is 6.07. The van der Waals surface area contributed by atoms with Crippen LogP contribution >= 0.6 is 31.9 Å². The maximum absolute atomic E-state index is 11.6. The molecule has 1 aromatic carbocycles. The van der Waals surface area contributed by atoms with E-state index in [1.807, 2.05) is 0 Å². The molecule has 20 heavy (non-hydrogen) atoms. The van der Waals surface area contributed by atoms with Crippen molar-refractivity contribution in [2.24, 2.45) is 0 Å². The molecule has 0 bridgehead atoms. The average Bonchev–Trinajstić information content (AvgIpc) is 2.44. The van der Waals surface area contributed by atoms with E-state index in [4.69, 9.17) is 9.47 Å². The molecule has 0 saturated heterocycles. The van der Waals surface area contributed by atoms with Gasteiger partial charge in [-0.1, -0.05) is 31.9 Å². The summed E-state index contributed by atoms with van der Waals surface area (Å²) in [6, 6.07) is 4.61. The fourth-order valence-electron chi connectivity index (χ4n) is 1.37. The Morgan fingerprint density at radius 3 is 2.40 bits per heavy atom. The number of carbonyl (C=O) groups excluding carboxylic acids is 3. The largest absolute Gasteiger partial charge is 0.461 e. The van der Waals surface area contributed by atoms with Crippen molar-refractivity contribution in [3.05, 3.63) is 29.3 Å². The summed E-state index contributed by atoms with van der Waals surface area (Å²) in [4.78, 5) is 33.8.